The van der Waals surface area contributed by atoms with Gasteiger partial charge in [-0.15, -0.1) is 11.3 Å². The number of hydrogen-bond donors (Lipinski definition) is 1. The molecule has 7 nitrogen and oxygen atoms in total. The number of aryl methyl sites for hydroxylation is 1. The SMILES string of the molecule is CCOC(=O)c1c(NC(=O)CCCCCN2C(=O)/C(=C/c3ccccc3OC3CCCCC3)SC2=S)sc(C)c1C. The van der Waals surface area contributed by atoms with E-state index in [1.54, 1.807) is 11.8 Å². The molecule has 0 radical (unpaired) electrons. The lowest BCUT2D eigenvalue weighted by Gasteiger charge is -2.23. The van der Waals surface area contributed by atoms with E-state index in [1.807, 2.05) is 44.2 Å². The molecule has 220 valence electrons. The number of hydrogen-bond acceptors (Lipinski definition) is 8. The van der Waals surface area contributed by atoms with Gasteiger partial charge in [-0.1, -0.05) is 55.0 Å². The van der Waals surface area contributed by atoms with Crippen LogP contribution in [0.5, 0.6) is 5.75 Å². The lowest BCUT2D eigenvalue weighted by Crippen LogP contribution is -2.29. The first-order chi connectivity index (χ1) is 19.8. The van der Waals surface area contributed by atoms with Crippen LogP contribution in [0.15, 0.2) is 29.2 Å². The maximum absolute atomic E-state index is 13.2. The highest BCUT2D eigenvalue weighted by molar-refractivity contribution is 8.26. The smallest absolute Gasteiger partial charge is 0.341 e. The van der Waals surface area contributed by atoms with Gasteiger partial charge in [0, 0.05) is 23.4 Å². The van der Waals surface area contributed by atoms with Crippen LogP contribution in [0.2, 0.25) is 0 Å². The molecule has 10 heteroatoms. The van der Waals surface area contributed by atoms with Gasteiger partial charge in [0.05, 0.1) is 23.2 Å². The molecule has 4 rings (SSSR count). The molecule has 2 aromatic rings. The molecule has 0 bridgehead atoms. The minimum absolute atomic E-state index is 0.0832. The standard InChI is InChI=1S/C31H38N2O5S3/c1-4-37-30(36)27-20(2)21(3)40-28(27)32-26(34)17-9-6-12-18-33-29(35)25(41-31(33)39)19-22-13-10-11-16-24(22)38-23-14-7-5-8-15-23/h10-11,13,16,19,23H,4-9,12,14-15,17-18H2,1-3H3,(H,32,34)/b25-19-. The maximum Gasteiger partial charge on any atom is 0.341 e. The lowest BCUT2D eigenvalue weighted by molar-refractivity contribution is -0.122. The van der Waals surface area contributed by atoms with Crippen molar-refractivity contribution in [3.05, 3.63) is 50.7 Å². The van der Waals surface area contributed by atoms with Crippen molar-refractivity contribution in [2.24, 2.45) is 0 Å². The second-order valence-corrected chi connectivity index (χ2v) is 13.2. The molecule has 1 saturated heterocycles. The Labute approximate surface area is 256 Å². The summed E-state index contributed by atoms with van der Waals surface area (Å²) in [7, 11) is 0. The Morgan fingerprint density at radius 3 is 2.63 bits per heavy atom. The number of para-hydroxylation sites is 1. The molecule has 0 spiro atoms. The molecule has 2 aliphatic rings. The fourth-order valence-corrected chi connectivity index (χ4v) is 7.35. The van der Waals surface area contributed by atoms with Gasteiger partial charge in [0.2, 0.25) is 5.91 Å². The predicted octanol–water partition coefficient (Wildman–Crippen LogP) is 7.65. The average molecular weight is 615 g/mol. The molecule has 0 atom stereocenters. The van der Waals surface area contributed by atoms with Crippen molar-refractivity contribution in [2.45, 2.75) is 84.7 Å². The summed E-state index contributed by atoms with van der Waals surface area (Å²) in [6, 6.07) is 7.86. The summed E-state index contributed by atoms with van der Waals surface area (Å²) in [4.78, 5) is 41.4. The molecule has 2 heterocycles. The van der Waals surface area contributed by atoms with Crippen LogP contribution in [0.25, 0.3) is 6.08 Å². The van der Waals surface area contributed by atoms with E-state index in [9.17, 15) is 14.4 Å². The quantitative estimate of drug-likeness (QED) is 0.114. The second-order valence-electron chi connectivity index (χ2n) is 10.3. The maximum atomic E-state index is 13.2. The summed E-state index contributed by atoms with van der Waals surface area (Å²) >= 11 is 8.24. The largest absolute Gasteiger partial charge is 0.490 e. The molecule has 2 fully saturated rings. The number of rotatable bonds is 12. The molecule has 41 heavy (non-hydrogen) atoms. The number of benzene rings is 1. The Bertz CT molecular complexity index is 1310. The van der Waals surface area contributed by atoms with Crippen LogP contribution >= 0.6 is 35.3 Å². The van der Waals surface area contributed by atoms with Crippen molar-refractivity contribution in [1.29, 1.82) is 0 Å². The molecule has 1 N–H and O–H groups in total. The van der Waals surface area contributed by atoms with E-state index in [1.165, 1.54) is 42.4 Å². The number of anilines is 1. The number of ether oxygens (including phenoxy) is 2. The predicted molar refractivity (Wildman–Crippen MR) is 171 cm³/mol. The van der Waals surface area contributed by atoms with E-state index in [-0.39, 0.29) is 24.5 Å². The number of thioether (sulfide) groups is 1. The first kappa shape index (κ1) is 31.3. The number of amides is 2. The summed E-state index contributed by atoms with van der Waals surface area (Å²) in [5.74, 6) is 0.173. The first-order valence-corrected chi connectivity index (χ1v) is 16.4. The normalized spacial score (nSPS) is 16.9. The molecular formula is C31H38N2O5S3. The number of unbranched alkanes of at least 4 members (excludes halogenated alkanes) is 2. The van der Waals surface area contributed by atoms with Gasteiger partial charge in [-0.3, -0.25) is 14.5 Å². The van der Waals surface area contributed by atoms with Crippen LogP contribution < -0.4 is 10.1 Å². The van der Waals surface area contributed by atoms with E-state index in [2.05, 4.69) is 5.32 Å². The van der Waals surface area contributed by atoms with Gasteiger partial charge in [0.25, 0.3) is 5.91 Å². The van der Waals surface area contributed by atoms with E-state index in [0.29, 0.717) is 39.2 Å². The monoisotopic (exact) mass is 614 g/mol. The van der Waals surface area contributed by atoms with E-state index in [4.69, 9.17) is 21.7 Å². The number of thiocarbonyl (C=S) groups is 1. The summed E-state index contributed by atoms with van der Waals surface area (Å²) in [6.45, 7) is 6.34. The average Bonchev–Trinajstić information content (AvgIpc) is 3.38. The minimum atomic E-state index is -0.414. The highest BCUT2D eigenvalue weighted by atomic mass is 32.2. The second kappa shape index (κ2) is 15.0. The van der Waals surface area contributed by atoms with Crippen LogP contribution in [0.4, 0.5) is 5.00 Å². The van der Waals surface area contributed by atoms with Crippen molar-refractivity contribution in [3.8, 4) is 5.75 Å². The van der Waals surface area contributed by atoms with Crippen LogP contribution in [0, 0.1) is 13.8 Å². The minimum Gasteiger partial charge on any atom is -0.490 e. The fraction of sp³-hybridized carbons (Fsp3) is 0.484. The molecule has 1 aliphatic heterocycles. The Morgan fingerprint density at radius 2 is 1.88 bits per heavy atom. The van der Waals surface area contributed by atoms with Gasteiger partial charge in [-0.05, 0) is 77.0 Å². The lowest BCUT2D eigenvalue weighted by atomic mass is 9.97. The van der Waals surface area contributed by atoms with Crippen molar-refractivity contribution in [3.63, 3.8) is 0 Å². The van der Waals surface area contributed by atoms with E-state index < -0.39 is 5.97 Å². The van der Waals surface area contributed by atoms with Crippen LogP contribution in [-0.2, 0) is 14.3 Å². The Morgan fingerprint density at radius 1 is 1.12 bits per heavy atom. The molecule has 2 amide bonds. The number of nitrogens with one attached hydrogen (secondary N) is 1. The third-order valence-electron chi connectivity index (χ3n) is 7.33. The van der Waals surface area contributed by atoms with Crippen LogP contribution in [0.3, 0.4) is 0 Å². The van der Waals surface area contributed by atoms with Crippen molar-refractivity contribution in [2.75, 3.05) is 18.5 Å². The highest BCUT2D eigenvalue weighted by Crippen LogP contribution is 2.36. The molecule has 1 aromatic heterocycles. The Kier molecular flexibility index (Phi) is 11.4. The van der Waals surface area contributed by atoms with Gasteiger partial charge >= 0.3 is 5.97 Å². The van der Waals surface area contributed by atoms with Gasteiger partial charge in [0.15, 0.2) is 0 Å². The molecule has 1 aromatic carbocycles. The van der Waals surface area contributed by atoms with E-state index in [0.717, 1.165) is 47.4 Å². The highest BCUT2D eigenvalue weighted by Gasteiger charge is 2.32. The van der Waals surface area contributed by atoms with Crippen LogP contribution in [-0.4, -0.2) is 46.3 Å². The molecule has 1 aliphatic carbocycles. The number of carbonyl (C=O) groups excluding carboxylic acids is 3. The zero-order valence-electron chi connectivity index (χ0n) is 24.0. The Hall–Kier alpha value is -2.69. The third-order valence-corrected chi connectivity index (χ3v) is 9.83. The van der Waals surface area contributed by atoms with Gasteiger partial charge in [-0.25, -0.2) is 4.79 Å². The summed E-state index contributed by atoms with van der Waals surface area (Å²) in [6.07, 6.45) is 10.4. The third kappa shape index (κ3) is 8.20. The fourth-order valence-electron chi connectivity index (χ4n) is 4.99. The van der Waals surface area contributed by atoms with Crippen LogP contribution in [0.1, 0.15) is 91.1 Å². The summed E-state index contributed by atoms with van der Waals surface area (Å²) < 4.78 is 12.0. The summed E-state index contributed by atoms with van der Waals surface area (Å²) in [5, 5.41) is 3.43. The van der Waals surface area contributed by atoms with Crippen molar-refractivity contribution in [1.82, 2.24) is 4.90 Å². The number of esters is 1. The van der Waals surface area contributed by atoms with Gasteiger partial charge in [0.1, 0.15) is 15.1 Å². The van der Waals surface area contributed by atoms with Crippen molar-refractivity contribution >= 4 is 68.5 Å². The first-order valence-electron chi connectivity index (χ1n) is 14.4. The van der Waals surface area contributed by atoms with E-state index >= 15 is 0 Å². The van der Waals surface area contributed by atoms with Crippen molar-refractivity contribution < 1.29 is 23.9 Å². The topological polar surface area (TPSA) is 84.9 Å². The molecule has 1 saturated carbocycles. The number of carbonyl (C=O) groups is 3. The van der Waals surface area contributed by atoms with Gasteiger partial charge < -0.3 is 14.8 Å². The molecular weight excluding hydrogens is 577 g/mol. The zero-order valence-corrected chi connectivity index (χ0v) is 26.4. The summed E-state index contributed by atoms with van der Waals surface area (Å²) in [5.41, 5.74) is 2.17. The van der Waals surface area contributed by atoms with Gasteiger partial charge in [-0.2, -0.15) is 0 Å². The zero-order chi connectivity index (χ0) is 29.4. The Balaban J connectivity index is 1.25. The number of thiophene rings is 1. The number of nitrogens with zero attached hydrogens (tertiary/aromatic N) is 1. The molecule has 0 unspecified atom stereocenters.